The van der Waals surface area contributed by atoms with Crippen molar-refractivity contribution in [2.75, 3.05) is 0 Å². The molecule has 0 aliphatic carbocycles. The number of imidazole rings is 1. The van der Waals surface area contributed by atoms with E-state index in [0.717, 1.165) is 3.97 Å². The number of nitrogens with zero attached hydrogens (tertiary/aromatic N) is 2. The number of hydrazine groups is 1. The van der Waals surface area contributed by atoms with Crippen LogP contribution >= 0.6 is 0 Å². The molecular formula is C7H8N4O2S. The van der Waals surface area contributed by atoms with Crippen LogP contribution in [0, 0.1) is 0 Å². The molecule has 0 bridgehead atoms. The second kappa shape index (κ2) is 3.18. The smallest absolute Gasteiger partial charge is 0.285 e. The number of hydrogen-bond acceptors (Lipinski definition) is 5. The molecule has 1 aromatic heterocycles. The lowest BCUT2D eigenvalue weighted by Crippen LogP contribution is -2.34. The summed E-state index contributed by atoms with van der Waals surface area (Å²) in [5, 5.41) is 0.0815. The van der Waals surface area contributed by atoms with E-state index in [0.29, 0.717) is 0 Å². The largest absolute Gasteiger partial charge is 0.308 e. The fourth-order valence-corrected chi connectivity index (χ4v) is 2.05. The van der Waals surface area contributed by atoms with Gasteiger partial charge in [-0.3, -0.25) is 5.43 Å². The Balaban J connectivity index is 2.43. The summed E-state index contributed by atoms with van der Waals surface area (Å²) in [6.07, 6.45) is 8.66. The summed E-state index contributed by atoms with van der Waals surface area (Å²) in [6, 6.07) is 0. The lowest BCUT2D eigenvalue weighted by atomic mass is 10.5. The maximum Gasteiger partial charge on any atom is 0.285 e. The van der Waals surface area contributed by atoms with Gasteiger partial charge in [-0.2, -0.15) is 8.42 Å². The molecule has 0 saturated heterocycles. The summed E-state index contributed by atoms with van der Waals surface area (Å²) >= 11 is 0. The normalized spacial score (nSPS) is 15.6. The number of allylic oxidation sites excluding steroid dienone is 2. The Labute approximate surface area is 81.0 Å². The topological polar surface area (TPSA) is 76.0 Å². The van der Waals surface area contributed by atoms with Crippen molar-refractivity contribution in [1.29, 1.82) is 0 Å². The minimum atomic E-state index is -3.53. The molecule has 1 aromatic rings. The molecule has 0 atom stereocenters. The molecule has 1 aliphatic heterocycles. The zero-order valence-electron chi connectivity index (χ0n) is 7.08. The predicted octanol–water partition coefficient (Wildman–Crippen LogP) is -0.476. The number of hydrogen-bond donors (Lipinski definition) is 2. The fourth-order valence-electron chi connectivity index (χ4n) is 0.991. The first-order valence-electron chi connectivity index (χ1n) is 3.83. The van der Waals surface area contributed by atoms with Gasteiger partial charge in [0.05, 0.1) is 0 Å². The minimum Gasteiger partial charge on any atom is -0.308 e. The van der Waals surface area contributed by atoms with Crippen LogP contribution in [0.4, 0.5) is 0 Å². The van der Waals surface area contributed by atoms with Crippen LogP contribution in [0.1, 0.15) is 0 Å². The molecule has 0 fully saturated rings. The molecule has 0 radical (unpaired) electrons. The third-order valence-corrected chi connectivity index (χ3v) is 3.22. The average Bonchev–Trinajstić information content (AvgIpc) is 2.72. The highest BCUT2D eigenvalue weighted by Gasteiger charge is 2.19. The SMILES string of the molecule is O=S(=O)(C1=CC=CNN1)n1ccnc1. The molecule has 6 nitrogen and oxygen atoms in total. The van der Waals surface area contributed by atoms with E-state index >= 15 is 0 Å². The Morgan fingerprint density at radius 3 is 2.86 bits per heavy atom. The van der Waals surface area contributed by atoms with E-state index in [-0.39, 0.29) is 5.03 Å². The maximum absolute atomic E-state index is 11.8. The summed E-state index contributed by atoms with van der Waals surface area (Å²) in [4.78, 5) is 3.67. The molecule has 0 saturated carbocycles. The number of rotatable bonds is 2. The van der Waals surface area contributed by atoms with E-state index in [1.807, 2.05) is 0 Å². The van der Waals surface area contributed by atoms with Crippen molar-refractivity contribution in [2.45, 2.75) is 0 Å². The highest BCUT2D eigenvalue weighted by atomic mass is 32.2. The minimum absolute atomic E-state index is 0.0815. The van der Waals surface area contributed by atoms with Gasteiger partial charge < -0.3 is 5.43 Å². The Hall–Kier alpha value is -1.76. The third kappa shape index (κ3) is 1.37. The third-order valence-electron chi connectivity index (χ3n) is 1.66. The number of nitrogens with one attached hydrogen (secondary N) is 2. The van der Waals surface area contributed by atoms with Crippen LogP contribution in [0.25, 0.3) is 0 Å². The lowest BCUT2D eigenvalue weighted by molar-refractivity contribution is 0.584. The molecular weight excluding hydrogens is 204 g/mol. The van der Waals surface area contributed by atoms with Crippen LogP contribution in [0.3, 0.4) is 0 Å². The first-order valence-corrected chi connectivity index (χ1v) is 5.27. The Morgan fingerprint density at radius 1 is 1.43 bits per heavy atom. The summed E-state index contributed by atoms with van der Waals surface area (Å²) in [5.41, 5.74) is 5.13. The Kier molecular flexibility index (Phi) is 2.01. The second-order valence-corrected chi connectivity index (χ2v) is 4.37. The molecule has 7 heteroatoms. The molecule has 0 unspecified atom stereocenters. The highest BCUT2D eigenvalue weighted by Crippen LogP contribution is 2.08. The zero-order chi connectivity index (χ0) is 10.0. The van der Waals surface area contributed by atoms with E-state index < -0.39 is 10.0 Å². The standard InChI is InChI=1S/C7H8N4O2S/c12-14(13,11-5-4-8-6-11)7-2-1-3-9-10-7/h1-6,9-10H. The van der Waals surface area contributed by atoms with Gasteiger partial charge in [0, 0.05) is 18.6 Å². The fraction of sp³-hybridized carbons (Fsp3) is 0. The van der Waals surface area contributed by atoms with Crippen LogP contribution in [0.5, 0.6) is 0 Å². The monoisotopic (exact) mass is 212 g/mol. The van der Waals surface area contributed by atoms with Crippen LogP contribution in [-0.2, 0) is 10.0 Å². The molecule has 74 valence electrons. The number of aromatic nitrogens is 2. The van der Waals surface area contributed by atoms with E-state index in [1.54, 1.807) is 12.3 Å². The summed E-state index contributed by atoms with van der Waals surface area (Å²) < 4.78 is 24.6. The quantitative estimate of drug-likeness (QED) is 0.692. The molecule has 0 amide bonds. The van der Waals surface area contributed by atoms with Crippen LogP contribution in [0.2, 0.25) is 0 Å². The van der Waals surface area contributed by atoms with Gasteiger partial charge in [0.1, 0.15) is 6.33 Å². The second-order valence-electron chi connectivity index (χ2n) is 2.56. The van der Waals surface area contributed by atoms with Crippen LogP contribution in [-0.4, -0.2) is 17.4 Å². The zero-order valence-corrected chi connectivity index (χ0v) is 7.90. The van der Waals surface area contributed by atoms with Crippen molar-refractivity contribution < 1.29 is 8.42 Å². The Morgan fingerprint density at radius 2 is 2.29 bits per heavy atom. The van der Waals surface area contributed by atoms with E-state index in [9.17, 15) is 8.42 Å². The molecule has 2 heterocycles. The van der Waals surface area contributed by atoms with Gasteiger partial charge >= 0.3 is 0 Å². The van der Waals surface area contributed by atoms with Gasteiger partial charge in [0.25, 0.3) is 10.0 Å². The van der Waals surface area contributed by atoms with Gasteiger partial charge in [-0.25, -0.2) is 8.96 Å². The summed E-state index contributed by atoms with van der Waals surface area (Å²) in [6.45, 7) is 0. The summed E-state index contributed by atoms with van der Waals surface area (Å²) in [5.74, 6) is 0. The Bertz CT molecular complexity index is 472. The van der Waals surface area contributed by atoms with Gasteiger partial charge in [-0.15, -0.1) is 0 Å². The van der Waals surface area contributed by atoms with Crippen molar-refractivity contribution in [3.63, 3.8) is 0 Å². The molecule has 1 aliphatic rings. The first kappa shape index (κ1) is 8.82. The highest BCUT2D eigenvalue weighted by molar-refractivity contribution is 7.93. The predicted molar refractivity (Wildman–Crippen MR) is 50.0 cm³/mol. The lowest BCUT2D eigenvalue weighted by Gasteiger charge is -2.13. The van der Waals surface area contributed by atoms with Crippen molar-refractivity contribution in [1.82, 2.24) is 19.8 Å². The molecule has 2 rings (SSSR count). The van der Waals surface area contributed by atoms with Gasteiger partial charge in [0.2, 0.25) is 0 Å². The van der Waals surface area contributed by atoms with E-state index in [1.165, 1.54) is 24.8 Å². The van der Waals surface area contributed by atoms with E-state index in [4.69, 9.17) is 0 Å². The maximum atomic E-state index is 11.8. The van der Waals surface area contributed by atoms with Crippen molar-refractivity contribution in [3.05, 3.63) is 42.1 Å². The van der Waals surface area contributed by atoms with E-state index in [2.05, 4.69) is 15.8 Å². The van der Waals surface area contributed by atoms with Gasteiger partial charge in [-0.1, -0.05) is 0 Å². The molecule has 14 heavy (non-hydrogen) atoms. The molecule has 0 aromatic carbocycles. The molecule has 0 spiro atoms. The molecule has 2 N–H and O–H groups in total. The first-order chi connectivity index (χ1) is 6.71. The average molecular weight is 212 g/mol. The van der Waals surface area contributed by atoms with Crippen molar-refractivity contribution in [2.24, 2.45) is 0 Å². The van der Waals surface area contributed by atoms with Gasteiger partial charge in [-0.05, 0) is 12.2 Å². The van der Waals surface area contributed by atoms with Crippen molar-refractivity contribution in [3.8, 4) is 0 Å². The van der Waals surface area contributed by atoms with Crippen LogP contribution < -0.4 is 10.9 Å². The van der Waals surface area contributed by atoms with Crippen LogP contribution in [0.15, 0.2) is 42.1 Å². The van der Waals surface area contributed by atoms with Crippen molar-refractivity contribution >= 4 is 10.0 Å². The summed E-state index contributed by atoms with van der Waals surface area (Å²) in [7, 11) is -3.53. The van der Waals surface area contributed by atoms with Gasteiger partial charge in [0.15, 0.2) is 5.03 Å².